The number of nitrogens with one attached hydrogen (secondary N) is 1. The molecule has 1 aromatic carbocycles. The van der Waals surface area contributed by atoms with E-state index >= 15 is 0 Å². The minimum atomic E-state index is -0.278. The first kappa shape index (κ1) is 13.1. The van der Waals surface area contributed by atoms with E-state index in [1.54, 1.807) is 6.07 Å². The largest absolute Gasteiger partial charge is 0.273 e. The van der Waals surface area contributed by atoms with E-state index < -0.39 is 0 Å². The van der Waals surface area contributed by atoms with E-state index in [1.807, 2.05) is 19.1 Å². The first-order chi connectivity index (χ1) is 8.19. The van der Waals surface area contributed by atoms with E-state index in [2.05, 4.69) is 10.5 Å². The van der Waals surface area contributed by atoms with Gasteiger partial charge in [0.2, 0.25) is 12.0 Å². The van der Waals surface area contributed by atoms with Crippen LogP contribution in [0.25, 0.3) is 0 Å². The molecule has 0 saturated heterocycles. The van der Waals surface area contributed by atoms with Crippen molar-refractivity contribution in [1.29, 1.82) is 0 Å². The van der Waals surface area contributed by atoms with E-state index in [0.717, 1.165) is 17.5 Å². The molecule has 1 rings (SSSR count). The van der Waals surface area contributed by atoms with Gasteiger partial charge < -0.3 is 0 Å². The number of isocyanates is 1. The van der Waals surface area contributed by atoms with E-state index in [4.69, 9.17) is 4.84 Å². The first-order valence-electron chi connectivity index (χ1n) is 5.26. The van der Waals surface area contributed by atoms with Crippen molar-refractivity contribution in [2.75, 3.05) is 0 Å². The zero-order valence-electron chi connectivity index (χ0n) is 9.82. The summed E-state index contributed by atoms with van der Waals surface area (Å²) in [6, 6.07) is 5.45. The van der Waals surface area contributed by atoms with Crippen molar-refractivity contribution in [1.82, 2.24) is 5.48 Å². The van der Waals surface area contributed by atoms with Gasteiger partial charge in [0, 0.05) is 12.5 Å². The summed E-state index contributed by atoms with van der Waals surface area (Å²) in [5, 5.41) is 0. The van der Waals surface area contributed by atoms with Crippen molar-refractivity contribution in [3.63, 3.8) is 0 Å². The summed E-state index contributed by atoms with van der Waals surface area (Å²) in [4.78, 5) is 29.6. The first-order valence-corrected chi connectivity index (χ1v) is 5.26. The summed E-state index contributed by atoms with van der Waals surface area (Å²) >= 11 is 0. The van der Waals surface area contributed by atoms with Crippen LogP contribution in [0.15, 0.2) is 23.2 Å². The summed E-state index contributed by atoms with van der Waals surface area (Å²) in [7, 11) is 0. The Labute approximate surface area is 99.5 Å². The number of carbonyl (C=O) groups is 1. The van der Waals surface area contributed by atoms with Crippen LogP contribution in [0.2, 0.25) is 0 Å². The Morgan fingerprint density at radius 2 is 2.29 bits per heavy atom. The molecule has 0 aliphatic carbocycles. The third-order valence-electron chi connectivity index (χ3n) is 2.23. The van der Waals surface area contributed by atoms with Gasteiger partial charge in [0.1, 0.15) is 6.61 Å². The van der Waals surface area contributed by atoms with Gasteiger partial charge in [-0.15, -0.1) is 0 Å². The van der Waals surface area contributed by atoms with Crippen molar-refractivity contribution in [2.45, 2.75) is 26.9 Å². The van der Waals surface area contributed by atoms with Crippen LogP contribution in [0.1, 0.15) is 25.0 Å². The van der Waals surface area contributed by atoms with E-state index in [9.17, 15) is 9.59 Å². The molecule has 17 heavy (non-hydrogen) atoms. The number of benzene rings is 1. The highest BCUT2D eigenvalue weighted by Crippen LogP contribution is 2.23. The monoisotopic (exact) mass is 234 g/mol. The standard InChI is InChI=1S/C12H14N2O3/c1-3-10-5-4-6-12(13-8-15)11(10)7-17-14-9(2)16/h4-6H,3,7H2,1-2H3,(H,14,16). The Morgan fingerprint density at radius 3 is 2.88 bits per heavy atom. The second-order valence-electron chi connectivity index (χ2n) is 3.42. The third kappa shape index (κ3) is 3.83. The van der Waals surface area contributed by atoms with Gasteiger partial charge in [-0.3, -0.25) is 9.63 Å². The minimum Gasteiger partial charge on any atom is -0.273 e. The lowest BCUT2D eigenvalue weighted by Gasteiger charge is -2.10. The maximum atomic E-state index is 10.7. The van der Waals surface area contributed by atoms with Crippen LogP contribution in [0.4, 0.5) is 5.69 Å². The molecule has 0 fully saturated rings. The van der Waals surface area contributed by atoms with Crippen molar-refractivity contribution < 1.29 is 14.4 Å². The summed E-state index contributed by atoms with van der Waals surface area (Å²) in [6.45, 7) is 3.52. The van der Waals surface area contributed by atoms with Gasteiger partial charge >= 0.3 is 0 Å². The number of rotatable bonds is 5. The van der Waals surface area contributed by atoms with E-state index in [-0.39, 0.29) is 12.5 Å². The number of carbonyl (C=O) groups excluding carboxylic acids is 2. The predicted octanol–water partition coefficient (Wildman–Crippen LogP) is 1.78. The van der Waals surface area contributed by atoms with Crippen molar-refractivity contribution in [2.24, 2.45) is 4.99 Å². The number of nitrogens with zero attached hydrogens (tertiary/aromatic N) is 1. The topological polar surface area (TPSA) is 67.8 Å². The summed E-state index contributed by atoms with van der Waals surface area (Å²) in [6.07, 6.45) is 2.30. The molecule has 0 aliphatic rings. The molecule has 0 atom stereocenters. The lowest BCUT2D eigenvalue weighted by atomic mass is 10.0. The van der Waals surface area contributed by atoms with Crippen LogP contribution in [-0.4, -0.2) is 12.0 Å². The Hall–Kier alpha value is -1.97. The van der Waals surface area contributed by atoms with Crippen LogP contribution in [0.5, 0.6) is 0 Å². The molecule has 0 bridgehead atoms. The molecule has 0 radical (unpaired) electrons. The molecule has 0 aliphatic heterocycles. The summed E-state index contributed by atoms with van der Waals surface area (Å²) < 4.78 is 0. The van der Waals surface area contributed by atoms with E-state index in [0.29, 0.717) is 5.69 Å². The zero-order chi connectivity index (χ0) is 12.7. The zero-order valence-corrected chi connectivity index (χ0v) is 9.82. The van der Waals surface area contributed by atoms with Gasteiger partial charge in [0.25, 0.3) is 0 Å². The number of aryl methyl sites for hydroxylation is 1. The van der Waals surface area contributed by atoms with Crippen LogP contribution in [0, 0.1) is 0 Å². The average Bonchev–Trinajstić information content (AvgIpc) is 2.30. The maximum absolute atomic E-state index is 10.7. The van der Waals surface area contributed by atoms with Crippen molar-refractivity contribution in [3.05, 3.63) is 29.3 Å². The molecule has 5 nitrogen and oxygen atoms in total. The Morgan fingerprint density at radius 1 is 1.53 bits per heavy atom. The number of amides is 1. The Kier molecular flexibility index (Phi) is 5.07. The second-order valence-corrected chi connectivity index (χ2v) is 3.42. The number of hydrogen-bond donors (Lipinski definition) is 1. The Bertz CT molecular complexity index is 451. The van der Waals surface area contributed by atoms with Gasteiger partial charge in [0.15, 0.2) is 0 Å². The number of aliphatic imine (C=N–C) groups is 1. The maximum Gasteiger partial charge on any atom is 0.240 e. The fourth-order valence-corrected chi connectivity index (χ4v) is 1.48. The molecule has 1 N–H and O–H groups in total. The fraction of sp³-hybridized carbons (Fsp3) is 0.333. The van der Waals surface area contributed by atoms with Crippen LogP contribution in [-0.2, 0) is 27.5 Å². The highest BCUT2D eigenvalue weighted by Gasteiger charge is 2.07. The molecular formula is C12H14N2O3. The molecule has 1 amide bonds. The van der Waals surface area contributed by atoms with Gasteiger partial charge in [-0.25, -0.2) is 10.3 Å². The predicted molar refractivity (Wildman–Crippen MR) is 62.2 cm³/mol. The highest BCUT2D eigenvalue weighted by atomic mass is 16.6. The Balaban J connectivity index is 2.92. The van der Waals surface area contributed by atoms with Crippen LogP contribution < -0.4 is 5.48 Å². The number of hydroxylamine groups is 1. The second kappa shape index (κ2) is 6.58. The smallest absolute Gasteiger partial charge is 0.240 e. The van der Waals surface area contributed by atoms with Gasteiger partial charge in [-0.2, -0.15) is 4.99 Å². The van der Waals surface area contributed by atoms with Crippen molar-refractivity contribution >= 4 is 17.7 Å². The molecule has 0 unspecified atom stereocenters. The average molecular weight is 234 g/mol. The van der Waals surface area contributed by atoms with Gasteiger partial charge in [0.05, 0.1) is 5.69 Å². The summed E-state index contributed by atoms with van der Waals surface area (Å²) in [5.41, 5.74) is 4.56. The highest BCUT2D eigenvalue weighted by molar-refractivity contribution is 5.71. The minimum absolute atomic E-state index is 0.171. The lowest BCUT2D eigenvalue weighted by Crippen LogP contribution is -2.20. The molecular weight excluding hydrogens is 220 g/mol. The SMILES string of the molecule is CCc1cccc(N=C=O)c1CONC(C)=O. The van der Waals surface area contributed by atoms with Crippen LogP contribution >= 0.6 is 0 Å². The lowest BCUT2D eigenvalue weighted by molar-refractivity contribution is -0.132. The molecule has 0 spiro atoms. The molecule has 0 aromatic heterocycles. The van der Waals surface area contributed by atoms with Gasteiger partial charge in [-0.1, -0.05) is 19.1 Å². The summed E-state index contributed by atoms with van der Waals surface area (Å²) in [5.74, 6) is -0.278. The fourth-order valence-electron chi connectivity index (χ4n) is 1.48. The van der Waals surface area contributed by atoms with Crippen molar-refractivity contribution in [3.8, 4) is 0 Å². The molecule has 1 aromatic rings. The van der Waals surface area contributed by atoms with E-state index in [1.165, 1.54) is 13.0 Å². The third-order valence-corrected chi connectivity index (χ3v) is 2.23. The quantitative estimate of drug-likeness (QED) is 0.479. The van der Waals surface area contributed by atoms with Gasteiger partial charge in [-0.05, 0) is 18.1 Å². The molecule has 90 valence electrons. The van der Waals surface area contributed by atoms with Crippen LogP contribution in [0.3, 0.4) is 0 Å². The molecule has 5 heteroatoms. The number of hydrogen-bond acceptors (Lipinski definition) is 4. The molecule has 0 heterocycles. The normalized spacial score (nSPS) is 9.53. The molecule has 0 saturated carbocycles.